The molecule has 84 valence electrons. The van der Waals surface area contributed by atoms with Crippen LogP contribution in [0.3, 0.4) is 0 Å². The third-order valence-electron chi connectivity index (χ3n) is 2.77. The van der Waals surface area contributed by atoms with E-state index in [-0.39, 0.29) is 6.10 Å². The highest BCUT2D eigenvalue weighted by atomic mass is 79.9. The summed E-state index contributed by atoms with van der Waals surface area (Å²) in [6.07, 6.45) is 4.18. The van der Waals surface area contributed by atoms with Crippen molar-refractivity contribution >= 4 is 32.4 Å². The van der Waals surface area contributed by atoms with E-state index in [1.807, 2.05) is 5.38 Å². The van der Waals surface area contributed by atoms with Gasteiger partial charge in [-0.15, -0.1) is 11.3 Å². The predicted molar refractivity (Wildman–Crippen MR) is 66.3 cm³/mol. The van der Waals surface area contributed by atoms with Gasteiger partial charge in [-0.25, -0.2) is 4.98 Å². The Morgan fingerprint density at radius 3 is 3.13 bits per heavy atom. The van der Waals surface area contributed by atoms with Gasteiger partial charge in [0.05, 0.1) is 6.10 Å². The number of halogens is 1. The van der Waals surface area contributed by atoms with E-state index >= 15 is 0 Å². The van der Waals surface area contributed by atoms with Gasteiger partial charge in [-0.1, -0.05) is 6.42 Å². The Hall–Kier alpha value is -0.130. The van der Waals surface area contributed by atoms with Gasteiger partial charge in [0, 0.05) is 11.9 Å². The Bertz CT molecular complexity index is 318. The molecule has 1 aromatic heterocycles. The molecule has 2 N–H and O–H groups in total. The lowest BCUT2D eigenvalue weighted by Crippen LogP contribution is -2.24. The molecule has 0 spiro atoms. The average molecular weight is 291 g/mol. The zero-order valence-corrected chi connectivity index (χ0v) is 10.9. The van der Waals surface area contributed by atoms with Crippen LogP contribution in [-0.2, 0) is 0 Å². The molecule has 0 bridgehead atoms. The Balaban J connectivity index is 1.77. The summed E-state index contributed by atoms with van der Waals surface area (Å²) in [5.41, 5.74) is 0. The second-order valence-corrected chi connectivity index (χ2v) is 5.71. The number of aliphatic hydroxyl groups excluding tert-OH is 1. The Kier molecular flexibility index (Phi) is 3.99. The molecule has 1 saturated carbocycles. The highest BCUT2D eigenvalue weighted by Gasteiger charge is 2.19. The van der Waals surface area contributed by atoms with Crippen LogP contribution in [0.5, 0.6) is 0 Å². The molecule has 0 radical (unpaired) electrons. The van der Waals surface area contributed by atoms with Crippen molar-refractivity contribution in [3.8, 4) is 0 Å². The molecule has 0 aliphatic heterocycles. The number of anilines is 1. The van der Waals surface area contributed by atoms with E-state index in [4.69, 9.17) is 0 Å². The minimum atomic E-state index is -0.0893. The van der Waals surface area contributed by atoms with Gasteiger partial charge in [0.15, 0.2) is 5.13 Å². The first-order chi connectivity index (χ1) is 7.24. The van der Waals surface area contributed by atoms with E-state index < -0.39 is 0 Å². The van der Waals surface area contributed by atoms with Gasteiger partial charge in [-0.05, 0) is 41.1 Å². The van der Waals surface area contributed by atoms with E-state index in [2.05, 4.69) is 26.2 Å². The first-order valence-electron chi connectivity index (χ1n) is 5.27. The summed E-state index contributed by atoms with van der Waals surface area (Å²) in [4.78, 5) is 4.28. The maximum atomic E-state index is 9.53. The maximum Gasteiger partial charge on any atom is 0.183 e. The van der Waals surface area contributed by atoms with Gasteiger partial charge < -0.3 is 10.4 Å². The molecule has 15 heavy (non-hydrogen) atoms. The van der Waals surface area contributed by atoms with E-state index in [0.29, 0.717) is 5.92 Å². The fraction of sp³-hybridized carbons (Fsp3) is 0.700. The lowest BCUT2D eigenvalue weighted by Gasteiger charge is -2.25. The van der Waals surface area contributed by atoms with Crippen molar-refractivity contribution in [3.63, 3.8) is 0 Å². The molecule has 1 aliphatic carbocycles. The predicted octanol–water partition coefficient (Wildman–Crippen LogP) is 2.87. The molecular weight excluding hydrogens is 276 g/mol. The van der Waals surface area contributed by atoms with Gasteiger partial charge in [0.1, 0.15) is 4.60 Å². The van der Waals surface area contributed by atoms with Crippen LogP contribution in [0.25, 0.3) is 0 Å². The standard InChI is InChI=1S/C10H15BrN2OS/c11-9-6-15-10(13-9)12-5-7-2-1-3-8(14)4-7/h6-8,14H,1-5H2,(H,12,13). The third kappa shape index (κ3) is 3.43. The SMILES string of the molecule is OC1CCCC(CNc2nc(Br)cs2)C1. The first-order valence-corrected chi connectivity index (χ1v) is 6.94. The molecule has 0 saturated heterocycles. The topological polar surface area (TPSA) is 45.1 Å². The van der Waals surface area contributed by atoms with Crippen LogP contribution in [0.2, 0.25) is 0 Å². The lowest BCUT2D eigenvalue weighted by molar-refractivity contribution is 0.105. The number of hydrogen-bond acceptors (Lipinski definition) is 4. The minimum Gasteiger partial charge on any atom is -0.393 e. The molecule has 0 amide bonds. The van der Waals surface area contributed by atoms with E-state index in [0.717, 1.165) is 35.5 Å². The normalized spacial score (nSPS) is 26.5. The number of nitrogens with zero attached hydrogens (tertiary/aromatic N) is 1. The Labute approximate surface area is 102 Å². The summed E-state index contributed by atoms with van der Waals surface area (Å²) in [5, 5.41) is 15.8. The number of aromatic nitrogens is 1. The fourth-order valence-corrected chi connectivity index (χ4v) is 3.17. The number of nitrogens with one attached hydrogen (secondary N) is 1. The van der Waals surface area contributed by atoms with Crippen LogP contribution >= 0.6 is 27.3 Å². The van der Waals surface area contributed by atoms with Crippen molar-refractivity contribution in [2.75, 3.05) is 11.9 Å². The van der Waals surface area contributed by atoms with E-state index in [1.165, 1.54) is 6.42 Å². The Morgan fingerprint density at radius 2 is 2.47 bits per heavy atom. The number of thiazole rings is 1. The van der Waals surface area contributed by atoms with Crippen molar-refractivity contribution in [1.82, 2.24) is 4.98 Å². The van der Waals surface area contributed by atoms with Crippen LogP contribution in [0.15, 0.2) is 9.98 Å². The van der Waals surface area contributed by atoms with Gasteiger partial charge in [-0.3, -0.25) is 0 Å². The van der Waals surface area contributed by atoms with Crippen molar-refractivity contribution in [2.24, 2.45) is 5.92 Å². The van der Waals surface area contributed by atoms with Crippen LogP contribution in [0, 0.1) is 5.92 Å². The largest absolute Gasteiger partial charge is 0.393 e. The molecular formula is C10H15BrN2OS. The van der Waals surface area contributed by atoms with Crippen LogP contribution in [0.1, 0.15) is 25.7 Å². The molecule has 1 fully saturated rings. The minimum absolute atomic E-state index is 0.0893. The number of hydrogen-bond donors (Lipinski definition) is 2. The summed E-state index contributed by atoms with van der Waals surface area (Å²) in [5.74, 6) is 0.594. The number of aliphatic hydroxyl groups is 1. The average Bonchev–Trinajstić information content (AvgIpc) is 2.62. The molecule has 5 heteroatoms. The molecule has 1 aromatic rings. The number of rotatable bonds is 3. The molecule has 0 aromatic carbocycles. The molecule has 1 heterocycles. The summed E-state index contributed by atoms with van der Waals surface area (Å²) < 4.78 is 0.888. The lowest BCUT2D eigenvalue weighted by atomic mass is 9.87. The molecule has 2 unspecified atom stereocenters. The van der Waals surface area contributed by atoms with Crippen LogP contribution < -0.4 is 5.32 Å². The van der Waals surface area contributed by atoms with Gasteiger partial charge in [0.2, 0.25) is 0 Å². The summed E-state index contributed by atoms with van der Waals surface area (Å²) in [7, 11) is 0. The fourth-order valence-electron chi connectivity index (χ4n) is 2.02. The first kappa shape index (κ1) is 11.4. The second-order valence-electron chi connectivity index (χ2n) is 4.04. The van der Waals surface area contributed by atoms with E-state index in [1.54, 1.807) is 11.3 Å². The third-order valence-corrected chi connectivity index (χ3v) is 4.28. The van der Waals surface area contributed by atoms with Crippen molar-refractivity contribution in [3.05, 3.63) is 9.98 Å². The molecule has 1 aliphatic rings. The van der Waals surface area contributed by atoms with Gasteiger partial charge >= 0.3 is 0 Å². The van der Waals surface area contributed by atoms with Crippen molar-refractivity contribution in [2.45, 2.75) is 31.8 Å². The monoisotopic (exact) mass is 290 g/mol. The van der Waals surface area contributed by atoms with Crippen LogP contribution in [-0.4, -0.2) is 22.7 Å². The summed E-state index contributed by atoms with van der Waals surface area (Å²) in [6.45, 7) is 0.928. The molecule has 3 nitrogen and oxygen atoms in total. The van der Waals surface area contributed by atoms with Gasteiger partial charge in [0.25, 0.3) is 0 Å². The van der Waals surface area contributed by atoms with Gasteiger partial charge in [-0.2, -0.15) is 0 Å². The molecule has 2 atom stereocenters. The van der Waals surface area contributed by atoms with Crippen molar-refractivity contribution < 1.29 is 5.11 Å². The zero-order chi connectivity index (χ0) is 10.7. The van der Waals surface area contributed by atoms with Crippen LogP contribution in [0.4, 0.5) is 5.13 Å². The quantitative estimate of drug-likeness (QED) is 0.900. The van der Waals surface area contributed by atoms with Crippen molar-refractivity contribution in [1.29, 1.82) is 0 Å². The summed E-state index contributed by atoms with van der Waals surface area (Å²) in [6, 6.07) is 0. The highest BCUT2D eigenvalue weighted by molar-refractivity contribution is 9.10. The van der Waals surface area contributed by atoms with E-state index in [9.17, 15) is 5.11 Å². The Morgan fingerprint density at radius 1 is 1.60 bits per heavy atom. The highest BCUT2D eigenvalue weighted by Crippen LogP contribution is 2.25. The summed E-state index contributed by atoms with van der Waals surface area (Å²) >= 11 is 4.93. The smallest absolute Gasteiger partial charge is 0.183 e. The second kappa shape index (κ2) is 5.27. The molecule has 2 rings (SSSR count). The zero-order valence-electron chi connectivity index (χ0n) is 8.45. The maximum absolute atomic E-state index is 9.53.